The maximum atomic E-state index is 10.3. The van der Waals surface area contributed by atoms with Gasteiger partial charge in [0.25, 0.3) is 0 Å². The number of aliphatic hydroxyl groups is 1. The van der Waals surface area contributed by atoms with Gasteiger partial charge >= 0.3 is 5.97 Å². The number of phenolic OH excluding ortho intramolecular Hbond substituents is 3. The summed E-state index contributed by atoms with van der Waals surface area (Å²) in [6.45, 7) is 0. The molecule has 0 saturated heterocycles. The Morgan fingerprint density at radius 1 is 1.14 bits per heavy atom. The van der Waals surface area contributed by atoms with Crippen LogP contribution in [0.25, 0.3) is 0 Å². The Morgan fingerprint density at radius 2 is 1.57 bits per heavy atom. The second kappa shape index (κ2) is 3.43. The fourth-order valence-electron chi connectivity index (χ4n) is 0.926. The van der Waals surface area contributed by atoms with Crippen LogP contribution in [0.2, 0.25) is 0 Å². The Kier molecular flexibility index (Phi) is 2.48. The molecule has 0 bridgehead atoms. The van der Waals surface area contributed by atoms with E-state index in [9.17, 15) is 4.79 Å². The minimum absolute atomic E-state index is 0.217. The SMILES string of the molecule is O=C(O)[C@H](O)c1cc(O)c(O)c(O)c1. The van der Waals surface area contributed by atoms with Crippen molar-refractivity contribution in [2.45, 2.75) is 6.10 Å². The molecule has 0 unspecified atom stereocenters. The summed E-state index contributed by atoms with van der Waals surface area (Å²) in [6.07, 6.45) is -1.85. The molecule has 0 spiro atoms. The van der Waals surface area contributed by atoms with Crippen molar-refractivity contribution in [3.63, 3.8) is 0 Å². The minimum Gasteiger partial charge on any atom is -0.504 e. The molecule has 76 valence electrons. The zero-order valence-electron chi connectivity index (χ0n) is 6.88. The van der Waals surface area contributed by atoms with Crippen LogP contribution in [0, 0.1) is 0 Å². The van der Waals surface area contributed by atoms with Crippen LogP contribution in [0.5, 0.6) is 17.2 Å². The number of hydrogen-bond acceptors (Lipinski definition) is 5. The Morgan fingerprint density at radius 3 is 1.93 bits per heavy atom. The number of benzene rings is 1. The van der Waals surface area contributed by atoms with E-state index in [1.54, 1.807) is 0 Å². The van der Waals surface area contributed by atoms with Crippen molar-refractivity contribution in [2.24, 2.45) is 0 Å². The number of carbonyl (C=O) groups is 1. The third-order valence-corrected chi connectivity index (χ3v) is 1.64. The van der Waals surface area contributed by atoms with E-state index in [1.807, 2.05) is 0 Å². The fraction of sp³-hybridized carbons (Fsp3) is 0.125. The minimum atomic E-state index is -1.85. The highest BCUT2D eigenvalue weighted by Gasteiger charge is 2.19. The number of aliphatic hydroxyl groups excluding tert-OH is 1. The molecule has 5 N–H and O–H groups in total. The molecular formula is C8H8O6. The van der Waals surface area contributed by atoms with E-state index in [-0.39, 0.29) is 5.56 Å². The van der Waals surface area contributed by atoms with E-state index < -0.39 is 29.3 Å². The average molecular weight is 200 g/mol. The van der Waals surface area contributed by atoms with Gasteiger partial charge in [0, 0.05) is 0 Å². The third-order valence-electron chi connectivity index (χ3n) is 1.64. The first-order valence-corrected chi connectivity index (χ1v) is 3.59. The molecule has 0 amide bonds. The maximum absolute atomic E-state index is 10.3. The zero-order chi connectivity index (χ0) is 10.9. The summed E-state index contributed by atoms with van der Waals surface area (Å²) in [5, 5.41) is 44.4. The molecule has 6 nitrogen and oxygen atoms in total. The summed E-state index contributed by atoms with van der Waals surface area (Å²) in [4.78, 5) is 10.3. The van der Waals surface area contributed by atoms with Crippen LogP contribution in [0.15, 0.2) is 12.1 Å². The molecule has 14 heavy (non-hydrogen) atoms. The molecule has 1 atom stereocenters. The topological polar surface area (TPSA) is 118 Å². The van der Waals surface area contributed by atoms with Gasteiger partial charge in [0.1, 0.15) is 0 Å². The van der Waals surface area contributed by atoms with Gasteiger partial charge in [-0.2, -0.15) is 0 Å². The van der Waals surface area contributed by atoms with Gasteiger partial charge in [-0.05, 0) is 17.7 Å². The molecule has 1 rings (SSSR count). The molecule has 0 radical (unpaired) electrons. The highest BCUT2D eigenvalue weighted by atomic mass is 16.4. The molecule has 0 aliphatic rings. The van der Waals surface area contributed by atoms with Crippen LogP contribution in [-0.4, -0.2) is 31.5 Å². The number of hydrogen-bond donors (Lipinski definition) is 5. The first-order valence-electron chi connectivity index (χ1n) is 3.59. The molecule has 0 fully saturated rings. The highest BCUT2D eigenvalue weighted by Crippen LogP contribution is 2.37. The number of aromatic hydroxyl groups is 3. The van der Waals surface area contributed by atoms with Crippen LogP contribution < -0.4 is 0 Å². The van der Waals surface area contributed by atoms with Crippen LogP contribution in [-0.2, 0) is 4.79 Å². The smallest absolute Gasteiger partial charge is 0.337 e. The molecule has 0 aliphatic heterocycles. The van der Waals surface area contributed by atoms with Crippen LogP contribution in [0.4, 0.5) is 0 Å². The molecule has 0 heterocycles. The summed E-state index contributed by atoms with van der Waals surface area (Å²) in [5.41, 5.74) is -0.217. The number of carboxylic acids is 1. The van der Waals surface area contributed by atoms with Gasteiger partial charge in [-0.25, -0.2) is 4.79 Å². The first-order chi connectivity index (χ1) is 6.43. The second-order valence-electron chi connectivity index (χ2n) is 2.65. The van der Waals surface area contributed by atoms with Gasteiger partial charge in [-0.3, -0.25) is 0 Å². The number of rotatable bonds is 2. The number of carboxylic acid groups (broad SMARTS) is 1. The quantitative estimate of drug-likeness (QED) is 0.426. The van der Waals surface area contributed by atoms with Crippen molar-refractivity contribution >= 4 is 5.97 Å². The normalized spacial score (nSPS) is 12.4. The van der Waals surface area contributed by atoms with Crippen molar-refractivity contribution in [3.05, 3.63) is 17.7 Å². The largest absolute Gasteiger partial charge is 0.504 e. The van der Waals surface area contributed by atoms with Gasteiger partial charge in [0.05, 0.1) is 0 Å². The Bertz CT molecular complexity index is 349. The Hall–Kier alpha value is -1.95. The van der Waals surface area contributed by atoms with Crippen LogP contribution >= 0.6 is 0 Å². The van der Waals surface area contributed by atoms with Crippen LogP contribution in [0.3, 0.4) is 0 Å². The monoisotopic (exact) mass is 200 g/mol. The van der Waals surface area contributed by atoms with Crippen molar-refractivity contribution in [2.75, 3.05) is 0 Å². The molecule has 0 aliphatic carbocycles. The molecule has 0 saturated carbocycles. The highest BCUT2D eigenvalue weighted by molar-refractivity contribution is 5.74. The lowest BCUT2D eigenvalue weighted by molar-refractivity contribution is -0.146. The van der Waals surface area contributed by atoms with E-state index in [4.69, 9.17) is 25.5 Å². The van der Waals surface area contributed by atoms with Gasteiger partial charge < -0.3 is 25.5 Å². The molecule has 1 aromatic rings. The van der Waals surface area contributed by atoms with Crippen molar-refractivity contribution < 1.29 is 30.3 Å². The van der Waals surface area contributed by atoms with E-state index in [0.717, 1.165) is 12.1 Å². The lowest BCUT2D eigenvalue weighted by Gasteiger charge is -2.08. The molecular weight excluding hydrogens is 192 g/mol. The van der Waals surface area contributed by atoms with Gasteiger partial charge in [-0.15, -0.1) is 0 Å². The van der Waals surface area contributed by atoms with Crippen molar-refractivity contribution in [3.8, 4) is 17.2 Å². The summed E-state index contributed by atoms with van der Waals surface area (Å²) in [7, 11) is 0. The van der Waals surface area contributed by atoms with E-state index in [2.05, 4.69) is 0 Å². The predicted octanol–water partition coefficient (Wildman–Crippen LogP) is -0.0786. The molecule has 1 aromatic carbocycles. The van der Waals surface area contributed by atoms with Gasteiger partial charge in [-0.1, -0.05) is 0 Å². The summed E-state index contributed by atoms with van der Waals surface area (Å²) in [6, 6.07) is 1.71. The van der Waals surface area contributed by atoms with E-state index >= 15 is 0 Å². The van der Waals surface area contributed by atoms with Gasteiger partial charge in [0.2, 0.25) is 0 Å². The molecule has 0 aromatic heterocycles. The van der Waals surface area contributed by atoms with Gasteiger partial charge in [0.15, 0.2) is 23.4 Å². The van der Waals surface area contributed by atoms with E-state index in [1.165, 1.54) is 0 Å². The van der Waals surface area contributed by atoms with E-state index in [0.29, 0.717) is 0 Å². The predicted molar refractivity (Wildman–Crippen MR) is 44.0 cm³/mol. The van der Waals surface area contributed by atoms with Crippen molar-refractivity contribution in [1.29, 1.82) is 0 Å². The first kappa shape index (κ1) is 10.1. The third kappa shape index (κ3) is 1.69. The summed E-state index contributed by atoms with van der Waals surface area (Å²) >= 11 is 0. The summed E-state index contributed by atoms with van der Waals surface area (Å²) in [5.74, 6) is -3.67. The lowest BCUT2D eigenvalue weighted by Crippen LogP contribution is -2.10. The standard InChI is InChI=1S/C8H8O6/c9-4-1-3(6(11)8(13)14)2-5(10)7(4)12/h1-2,6,9-12H,(H,13,14)/t6-/m1/s1. The lowest BCUT2D eigenvalue weighted by atomic mass is 10.1. The maximum Gasteiger partial charge on any atom is 0.337 e. The average Bonchev–Trinajstić information content (AvgIpc) is 2.12. The number of aliphatic carboxylic acids is 1. The number of phenols is 3. The van der Waals surface area contributed by atoms with Crippen LogP contribution in [0.1, 0.15) is 11.7 Å². The second-order valence-corrected chi connectivity index (χ2v) is 2.65. The molecule has 6 heteroatoms. The summed E-state index contributed by atoms with van der Waals surface area (Å²) < 4.78 is 0. The zero-order valence-corrected chi connectivity index (χ0v) is 6.88. The van der Waals surface area contributed by atoms with Crippen molar-refractivity contribution in [1.82, 2.24) is 0 Å². The fourth-order valence-corrected chi connectivity index (χ4v) is 0.926. The Balaban J connectivity index is 3.19. The Labute approximate surface area is 78.3 Å².